The van der Waals surface area contributed by atoms with Crippen LogP contribution in [0, 0.1) is 0 Å². The molecule has 0 aromatic heterocycles. The van der Waals surface area contributed by atoms with Gasteiger partial charge < -0.3 is 20.6 Å². The molecule has 1 aliphatic rings. The van der Waals surface area contributed by atoms with Crippen LogP contribution in [-0.2, 0) is 4.79 Å². The molecule has 0 bridgehead atoms. The zero-order chi connectivity index (χ0) is 19.3. The van der Waals surface area contributed by atoms with Crippen molar-refractivity contribution in [3.8, 4) is 0 Å². The maximum Gasteiger partial charge on any atom is 0.318 e. The van der Waals surface area contributed by atoms with E-state index in [4.69, 9.17) is 0 Å². The topological polar surface area (TPSA) is 81.7 Å². The number of urea groups is 1. The third kappa shape index (κ3) is 4.43. The molecule has 0 aliphatic carbocycles. The van der Waals surface area contributed by atoms with E-state index < -0.39 is 0 Å². The Kier molecular flexibility index (Phi) is 6.80. The molecule has 142 valence electrons. The second-order valence-corrected chi connectivity index (χ2v) is 6.96. The summed E-state index contributed by atoms with van der Waals surface area (Å²) in [7, 11) is 0. The first-order valence-electron chi connectivity index (χ1n) is 9.05. The monoisotopic (exact) mass is 359 g/mol. The number of aliphatic hydroxyl groups excluding tert-OH is 1. The Labute approximate surface area is 155 Å². The predicted molar refractivity (Wildman–Crippen MR) is 103 cm³/mol. The summed E-state index contributed by atoms with van der Waals surface area (Å²) >= 11 is 0. The molecule has 3 amide bonds. The average molecular weight is 359 g/mol. The van der Waals surface area contributed by atoms with Gasteiger partial charge in [-0.05, 0) is 31.9 Å². The van der Waals surface area contributed by atoms with E-state index in [-0.39, 0.29) is 42.6 Å². The summed E-state index contributed by atoms with van der Waals surface area (Å²) in [4.78, 5) is 25.6. The quantitative estimate of drug-likeness (QED) is 0.727. The van der Waals surface area contributed by atoms with Gasteiger partial charge in [0.05, 0.1) is 18.7 Å². The van der Waals surface area contributed by atoms with Gasteiger partial charge in [-0.15, -0.1) is 0 Å². The fraction of sp³-hybridized carbons (Fsp3) is 0.500. The standard InChI is InChI=1S/C20H29N3O3/c1-5-6-15-7-9-16(10-8-15)19-17(11-21-14(4)25)23(18(19)12-24)20(26)22-13(2)3/h5-10,13,17-19,24H,11-12H2,1-4H3,(H,21,25)(H,22,26)/b6-5+/t17-,18+,19+/m0/s1. The molecule has 3 atom stereocenters. The molecule has 0 radical (unpaired) electrons. The number of amides is 3. The summed E-state index contributed by atoms with van der Waals surface area (Å²) < 4.78 is 0. The Bertz CT molecular complexity index is 655. The molecule has 6 nitrogen and oxygen atoms in total. The van der Waals surface area contributed by atoms with Gasteiger partial charge in [-0.25, -0.2) is 4.79 Å². The van der Waals surface area contributed by atoms with Crippen LogP contribution < -0.4 is 10.6 Å². The minimum Gasteiger partial charge on any atom is -0.394 e. The van der Waals surface area contributed by atoms with E-state index >= 15 is 0 Å². The lowest BCUT2D eigenvalue weighted by atomic mass is 9.75. The smallest absolute Gasteiger partial charge is 0.318 e. The third-order valence-electron chi connectivity index (χ3n) is 4.62. The molecular weight excluding hydrogens is 330 g/mol. The van der Waals surface area contributed by atoms with E-state index in [1.165, 1.54) is 6.92 Å². The van der Waals surface area contributed by atoms with Crippen LogP contribution in [0.3, 0.4) is 0 Å². The number of aliphatic hydroxyl groups is 1. The van der Waals surface area contributed by atoms with E-state index in [1.807, 2.05) is 57.2 Å². The van der Waals surface area contributed by atoms with Gasteiger partial charge in [-0.2, -0.15) is 0 Å². The predicted octanol–water partition coefficient (Wildman–Crippen LogP) is 2.10. The Morgan fingerprint density at radius 2 is 1.88 bits per heavy atom. The fourth-order valence-corrected chi connectivity index (χ4v) is 3.51. The Hall–Kier alpha value is -2.34. The van der Waals surface area contributed by atoms with Crippen molar-refractivity contribution in [2.75, 3.05) is 13.2 Å². The van der Waals surface area contributed by atoms with Crippen LogP contribution in [0.15, 0.2) is 30.3 Å². The molecule has 6 heteroatoms. The van der Waals surface area contributed by atoms with E-state index in [9.17, 15) is 14.7 Å². The lowest BCUT2D eigenvalue weighted by Gasteiger charge is -2.54. The molecule has 1 saturated heterocycles. The van der Waals surface area contributed by atoms with Gasteiger partial charge in [0.1, 0.15) is 0 Å². The summed E-state index contributed by atoms with van der Waals surface area (Å²) in [5.74, 6) is -0.159. The molecule has 2 rings (SSSR count). The van der Waals surface area contributed by atoms with E-state index in [0.717, 1.165) is 11.1 Å². The Morgan fingerprint density at radius 3 is 2.38 bits per heavy atom. The second-order valence-electron chi connectivity index (χ2n) is 6.96. The largest absolute Gasteiger partial charge is 0.394 e. The first kappa shape index (κ1) is 20.0. The van der Waals surface area contributed by atoms with Crippen LogP contribution in [0.5, 0.6) is 0 Å². The normalized spacial score (nSPS) is 22.4. The molecule has 0 unspecified atom stereocenters. The Balaban J connectivity index is 2.26. The van der Waals surface area contributed by atoms with E-state index in [2.05, 4.69) is 10.6 Å². The van der Waals surface area contributed by atoms with Gasteiger partial charge in [0.25, 0.3) is 0 Å². The summed E-state index contributed by atoms with van der Waals surface area (Å²) in [5, 5.41) is 15.6. The van der Waals surface area contributed by atoms with Crippen LogP contribution in [0.2, 0.25) is 0 Å². The van der Waals surface area contributed by atoms with Crippen molar-refractivity contribution in [3.05, 3.63) is 41.5 Å². The highest BCUT2D eigenvalue weighted by atomic mass is 16.3. The molecule has 0 spiro atoms. The number of allylic oxidation sites excluding steroid dienone is 1. The number of nitrogens with zero attached hydrogens (tertiary/aromatic N) is 1. The summed E-state index contributed by atoms with van der Waals surface area (Å²) in [6.07, 6.45) is 4.00. The minimum absolute atomic E-state index is 0.00224. The highest BCUT2D eigenvalue weighted by molar-refractivity contribution is 5.77. The Morgan fingerprint density at radius 1 is 1.23 bits per heavy atom. The number of likely N-dealkylation sites (tertiary alicyclic amines) is 1. The van der Waals surface area contributed by atoms with Crippen LogP contribution in [0.4, 0.5) is 4.79 Å². The van der Waals surface area contributed by atoms with Crippen molar-refractivity contribution in [2.24, 2.45) is 0 Å². The van der Waals surface area contributed by atoms with Crippen molar-refractivity contribution >= 4 is 18.0 Å². The van der Waals surface area contributed by atoms with Gasteiger partial charge in [-0.1, -0.05) is 36.4 Å². The summed E-state index contributed by atoms with van der Waals surface area (Å²) in [5.41, 5.74) is 2.16. The van der Waals surface area contributed by atoms with Crippen molar-refractivity contribution < 1.29 is 14.7 Å². The molecule has 1 aromatic rings. The van der Waals surface area contributed by atoms with Crippen LogP contribution in [0.25, 0.3) is 6.08 Å². The number of hydrogen-bond donors (Lipinski definition) is 3. The van der Waals surface area contributed by atoms with Crippen molar-refractivity contribution in [3.63, 3.8) is 0 Å². The molecule has 26 heavy (non-hydrogen) atoms. The highest BCUT2D eigenvalue weighted by Gasteiger charge is 2.51. The fourth-order valence-electron chi connectivity index (χ4n) is 3.51. The first-order chi connectivity index (χ1) is 12.4. The lowest BCUT2D eigenvalue weighted by Crippen LogP contribution is -2.70. The van der Waals surface area contributed by atoms with Gasteiger partial charge in [0.15, 0.2) is 0 Å². The molecule has 1 fully saturated rings. The maximum atomic E-state index is 12.6. The van der Waals surface area contributed by atoms with E-state index in [0.29, 0.717) is 6.54 Å². The number of carbonyl (C=O) groups is 2. The maximum absolute atomic E-state index is 12.6. The number of benzene rings is 1. The van der Waals surface area contributed by atoms with Crippen molar-refractivity contribution in [2.45, 2.75) is 51.7 Å². The van der Waals surface area contributed by atoms with E-state index in [1.54, 1.807) is 4.90 Å². The number of rotatable bonds is 6. The van der Waals surface area contributed by atoms with Crippen LogP contribution in [-0.4, -0.2) is 53.2 Å². The van der Waals surface area contributed by atoms with Gasteiger partial charge in [0.2, 0.25) is 5.91 Å². The van der Waals surface area contributed by atoms with Crippen LogP contribution in [0.1, 0.15) is 44.7 Å². The first-order valence-corrected chi connectivity index (χ1v) is 9.05. The molecule has 0 saturated carbocycles. The summed E-state index contributed by atoms with van der Waals surface area (Å²) in [6, 6.07) is 7.40. The number of carbonyl (C=O) groups excluding carboxylic acids is 2. The molecule has 1 aliphatic heterocycles. The second kappa shape index (κ2) is 8.85. The molecule has 3 N–H and O–H groups in total. The van der Waals surface area contributed by atoms with Gasteiger partial charge in [0, 0.05) is 25.4 Å². The van der Waals surface area contributed by atoms with Crippen molar-refractivity contribution in [1.29, 1.82) is 0 Å². The molecule has 1 heterocycles. The SMILES string of the molecule is C/C=C/c1ccc([C@H]2[C@@H](CO)N(C(=O)NC(C)C)[C@H]2CNC(C)=O)cc1. The van der Waals surface area contributed by atoms with Crippen molar-refractivity contribution in [1.82, 2.24) is 15.5 Å². The third-order valence-corrected chi connectivity index (χ3v) is 4.62. The number of nitrogens with one attached hydrogen (secondary N) is 2. The van der Waals surface area contributed by atoms with Gasteiger partial charge in [-0.3, -0.25) is 4.79 Å². The minimum atomic E-state index is -0.305. The highest BCUT2D eigenvalue weighted by Crippen LogP contribution is 2.40. The zero-order valence-corrected chi connectivity index (χ0v) is 15.9. The molecule has 1 aromatic carbocycles. The summed E-state index contributed by atoms with van der Waals surface area (Å²) in [6.45, 7) is 7.46. The van der Waals surface area contributed by atoms with Crippen LogP contribution >= 0.6 is 0 Å². The zero-order valence-electron chi connectivity index (χ0n) is 15.9. The lowest BCUT2D eigenvalue weighted by molar-refractivity contribution is -0.119. The number of hydrogen-bond acceptors (Lipinski definition) is 3. The molecular formula is C20H29N3O3. The average Bonchev–Trinajstić information content (AvgIpc) is 2.55. The van der Waals surface area contributed by atoms with Gasteiger partial charge >= 0.3 is 6.03 Å².